The zero-order valence-electron chi connectivity index (χ0n) is 15.2. The second kappa shape index (κ2) is 8.23. The van der Waals surface area contributed by atoms with Gasteiger partial charge < -0.3 is 10.6 Å². The molecule has 0 bridgehead atoms. The molecular weight excluding hydrogens is 340 g/mol. The zero-order chi connectivity index (χ0) is 19.2. The van der Waals surface area contributed by atoms with Crippen molar-refractivity contribution in [3.63, 3.8) is 0 Å². The highest BCUT2D eigenvalue weighted by Crippen LogP contribution is 2.20. The first kappa shape index (κ1) is 18.3. The number of hydrogen-bond donors (Lipinski definition) is 2. The van der Waals surface area contributed by atoms with Crippen molar-refractivity contribution < 1.29 is 9.59 Å². The first-order chi connectivity index (χ1) is 13.0. The van der Waals surface area contributed by atoms with Crippen molar-refractivity contribution in [2.75, 3.05) is 5.32 Å². The average Bonchev–Trinajstić information content (AvgIpc) is 2.70. The molecule has 2 amide bonds. The van der Waals surface area contributed by atoms with Crippen LogP contribution in [0.2, 0.25) is 0 Å². The van der Waals surface area contributed by atoms with E-state index in [9.17, 15) is 9.59 Å². The van der Waals surface area contributed by atoms with E-state index < -0.39 is 0 Å². The molecule has 3 rings (SSSR count). The molecule has 0 aliphatic rings. The summed E-state index contributed by atoms with van der Waals surface area (Å²) in [6.07, 6.45) is 4.79. The standard InChI is InChI=1S/C21H20N4O2/c1-14-4-3-5-15(2)19(14)25-20(26)17-8-11-23-18(12-17)21(27)24-13-16-6-9-22-10-7-16/h3-12H,13H2,1-2H3,(H,24,27)(H,25,26). The number of nitrogens with one attached hydrogen (secondary N) is 2. The lowest BCUT2D eigenvalue weighted by atomic mass is 10.1. The van der Waals surface area contributed by atoms with Gasteiger partial charge in [-0.05, 0) is 54.8 Å². The molecule has 6 heteroatoms. The molecule has 6 nitrogen and oxygen atoms in total. The molecule has 136 valence electrons. The molecule has 0 fully saturated rings. The van der Waals surface area contributed by atoms with Gasteiger partial charge in [0.05, 0.1) is 0 Å². The Hall–Kier alpha value is -3.54. The number of aromatic nitrogens is 2. The zero-order valence-corrected chi connectivity index (χ0v) is 15.2. The first-order valence-corrected chi connectivity index (χ1v) is 8.55. The van der Waals surface area contributed by atoms with Gasteiger partial charge in [0, 0.05) is 36.4 Å². The van der Waals surface area contributed by atoms with Gasteiger partial charge >= 0.3 is 0 Å². The maximum atomic E-state index is 12.6. The summed E-state index contributed by atoms with van der Waals surface area (Å²) in [5.74, 6) is -0.619. The van der Waals surface area contributed by atoms with Gasteiger partial charge in [-0.2, -0.15) is 0 Å². The van der Waals surface area contributed by atoms with Crippen LogP contribution >= 0.6 is 0 Å². The number of nitrogens with zero attached hydrogens (tertiary/aromatic N) is 2. The van der Waals surface area contributed by atoms with E-state index in [-0.39, 0.29) is 17.5 Å². The van der Waals surface area contributed by atoms with Crippen molar-refractivity contribution in [2.45, 2.75) is 20.4 Å². The number of aryl methyl sites for hydroxylation is 2. The van der Waals surface area contributed by atoms with E-state index in [0.717, 1.165) is 22.4 Å². The third-order valence-corrected chi connectivity index (χ3v) is 4.18. The summed E-state index contributed by atoms with van der Waals surface area (Å²) in [7, 11) is 0. The molecule has 0 aliphatic heterocycles. The predicted octanol–water partition coefficient (Wildman–Crippen LogP) is 3.28. The fourth-order valence-electron chi connectivity index (χ4n) is 2.67. The van der Waals surface area contributed by atoms with Crippen molar-refractivity contribution in [3.05, 3.63) is 89.0 Å². The number of hydrogen-bond acceptors (Lipinski definition) is 4. The number of anilines is 1. The Labute approximate surface area is 157 Å². The van der Waals surface area contributed by atoms with Gasteiger partial charge in [-0.15, -0.1) is 0 Å². The molecule has 0 saturated heterocycles. The third-order valence-electron chi connectivity index (χ3n) is 4.18. The van der Waals surface area contributed by atoms with Gasteiger partial charge in [-0.3, -0.25) is 19.6 Å². The smallest absolute Gasteiger partial charge is 0.270 e. The summed E-state index contributed by atoms with van der Waals surface area (Å²) in [6, 6.07) is 12.5. The third kappa shape index (κ3) is 4.55. The van der Waals surface area contributed by atoms with Crippen LogP contribution in [0.3, 0.4) is 0 Å². The lowest BCUT2D eigenvalue weighted by Gasteiger charge is -2.12. The van der Waals surface area contributed by atoms with Crippen LogP contribution < -0.4 is 10.6 Å². The Morgan fingerprint density at radius 1 is 0.926 bits per heavy atom. The van der Waals surface area contributed by atoms with Crippen molar-refractivity contribution in [1.29, 1.82) is 0 Å². The molecule has 0 unspecified atom stereocenters. The van der Waals surface area contributed by atoms with Gasteiger partial charge in [-0.1, -0.05) is 18.2 Å². The monoisotopic (exact) mass is 360 g/mol. The molecule has 2 aromatic heterocycles. The summed E-state index contributed by atoms with van der Waals surface area (Å²) in [5, 5.41) is 5.70. The average molecular weight is 360 g/mol. The molecule has 0 radical (unpaired) electrons. The fraction of sp³-hybridized carbons (Fsp3) is 0.143. The van der Waals surface area contributed by atoms with Crippen molar-refractivity contribution in [1.82, 2.24) is 15.3 Å². The number of carbonyl (C=O) groups is 2. The maximum absolute atomic E-state index is 12.6. The molecule has 3 aromatic rings. The van der Waals surface area contributed by atoms with E-state index in [1.807, 2.05) is 44.2 Å². The van der Waals surface area contributed by atoms with Gasteiger partial charge in [0.1, 0.15) is 5.69 Å². The minimum atomic E-state index is -0.339. The quantitative estimate of drug-likeness (QED) is 0.731. The molecule has 0 atom stereocenters. The summed E-state index contributed by atoms with van der Waals surface area (Å²) >= 11 is 0. The highest BCUT2D eigenvalue weighted by molar-refractivity contribution is 6.06. The Morgan fingerprint density at radius 2 is 1.63 bits per heavy atom. The summed E-state index contributed by atoms with van der Waals surface area (Å²) in [5.41, 5.74) is 4.24. The molecule has 27 heavy (non-hydrogen) atoms. The van der Waals surface area contributed by atoms with Crippen molar-refractivity contribution >= 4 is 17.5 Å². The highest BCUT2D eigenvalue weighted by atomic mass is 16.2. The number of pyridine rings is 2. The SMILES string of the molecule is Cc1cccc(C)c1NC(=O)c1ccnc(C(=O)NCc2ccncc2)c1. The second-order valence-electron chi connectivity index (χ2n) is 6.19. The second-order valence-corrected chi connectivity index (χ2v) is 6.19. The van der Waals surface area contributed by atoms with Crippen LogP contribution in [0.25, 0.3) is 0 Å². The lowest BCUT2D eigenvalue weighted by Crippen LogP contribution is -2.24. The number of amides is 2. The van der Waals surface area contributed by atoms with Gasteiger partial charge in [0.25, 0.3) is 11.8 Å². The minimum absolute atomic E-state index is 0.193. The lowest BCUT2D eigenvalue weighted by molar-refractivity contribution is 0.0946. The summed E-state index contributed by atoms with van der Waals surface area (Å²) in [6.45, 7) is 4.24. The fourth-order valence-corrected chi connectivity index (χ4v) is 2.67. The van der Waals surface area contributed by atoms with Crippen LogP contribution in [0.1, 0.15) is 37.5 Å². The van der Waals surface area contributed by atoms with Gasteiger partial charge in [0.15, 0.2) is 0 Å². The van der Waals surface area contributed by atoms with E-state index in [2.05, 4.69) is 20.6 Å². The Bertz CT molecular complexity index is 951. The molecule has 2 N–H and O–H groups in total. The van der Waals surface area contributed by atoms with Crippen molar-refractivity contribution in [3.8, 4) is 0 Å². The van der Waals surface area contributed by atoms with Crippen LogP contribution in [0.15, 0.2) is 61.1 Å². The van der Waals surface area contributed by atoms with Crippen LogP contribution in [0, 0.1) is 13.8 Å². The van der Waals surface area contributed by atoms with Crippen LogP contribution in [0.5, 0.6) is 0 Å². The molecular formula is C21H20N4O2. The Kier molecular flexibility index (Phi) is 5.56. The highest BCUT2D eigenvalue weighted by Gasteiger charge is 2.13. The van der Waals surface area contributed by atoms with Crippen LogP contribution in [-0.4, -0.2) is 21.8 Å². The normalized spacial score (nSPS) is 10.3. The predicted molar refractivity (Wildman–Crippen MR) is 104 cm³/mol. The van der Waals surface area contributed by atoms with E-state index in [1.54, 1.807) is 18.5 Å². The molecule has 0 spiro atoms. The van der Waals surface area contributed by atoms with Crippen LogP contribution in [-0.2, 0) is 6.54 Å². The molecule has 0 saturated carbocycles. The minimum Gasteiger partial charge on any atom is -0.347 e. The summed E-state index contributed by atoms with van der Waals surface area (Å²) in [4.78, 5) is 32.9. The molecule has 0 aliphatic carbocycles. The van der Waals surface area contributed by atoms with E-state index in [1.165, 1.54) is 12.3 Å². The number of rotatable bonds is 5. The molecule has 2 heterocycles. The van der Waals surface area contributed by atoms with Crippen molar-refractivity contribution in [2.24, 2.45) is 0 Å². The Morgan fingerprint density at radius 3 is 2.33 bits per heavy atom. The first-order valence-electron chi connectivity index (χ1n) is 8.55. The summed E-state index contributed by atoms with van der Waals surface area (Å²) < 4.78 is 0. The van der Waals surface area contributed by atoms with Gasteiger partial charge in [-0.25, -0.2) is 0 Å². The largest absolute Gasteiger partial charge is 0.347 e. The number of para-hydroxylation sites is 1. The van der Waals surface area contributed by atoms with Gasteiger partial charge in [0.2, 0.25) is 0 Å². The molecule has 1 aromatic carbocycles. The number of benzene rings is 1. The van der Waals surface area contributed by atoms with E-state index in [0.29, 0.717) is 12.1 Å². The number of carbonyl (C=O) groups excluding carboxylic acids is 2. The van der Waals surface area contributed by atoms with Crippen LogP contribution in [0.4, 0.5) is 5.69 Å². The van der Waals surface area contributed by atoms with E-state index >= 15 is 0 Å². The van der Waals surface area contributed by atoms with E-state index in [4.69, 9.17) is 0 Å². The maximum Gasteiger partial charge on any atom is 0.270 e. The Balaban J connectivity index is 1.71. The topological polar surface area (TPSA) is 84.0 Å².